The lowest BCUT2D eigenvalue weighted by Crippen LogP contribution is -2.18. The molecule has 0 saturated carbocycles. The molecule has 0 aliphatic carbocycles. The predicted octanol–water partition coefficient (Wildman–Crippen LogP) is 1.58. The van der Waals surface area contributed by atoms with Crippen LogP contribution in [0.25, 0.3) is 0 Å². The molecule has 0 fully saturated rings. The molecule has 0 aromatic heterocycles. The predicted molar refractivity (Wildman–Crippen MR) is 50.9 cm³/mol. The van der Waals surface area contributed by atoms with E-state index in [-0.39, 0.29) is 24.5 Å². The van der Waals surface area contributed by atoms with Crippen molar-refractivity contribution in [3.05, 3.63) is 12.2 Å². The monoisotopic (exact) mass is 172 g/mol. The second-order valence-corrected chi connectivity index (χ2v) is 3.76. The number of rotatable bonds is 5. The summed E-state index contributed by atoms with van der Waals surface area (Å²) in [6.45, 7) is 9.80. The van der Waals surface area contributed by atoms with E-state index < -0.39 is 0 Å². The van der Waals surface area contributed by atoms with Crippen LogP contribution in [0.15, 0.2) is 12.2 Å². The van der Waals surface area contributed by atoms with E-state index in [4.69, 9.17) is 5.11 Å². The van der Waals surface area contributed by atoms with Crippen molar-refractivity contribution in [1.82, 2.24) is 0 Å². The van der Waals surface area contributed by atoms with Crippen molar-refractivity contribution >= 4 is 0 Å². The van der Waals surface area contributed by atoms with Gasteiger partial charge >= 0.3 is 0 Å². The summed E-state index contributed by atoms with van der Waals surface area (Å²) in [5.41, 5.74) is 0.929. The maximum atomic E-state index is 9.50. The van der Waals surface area contributed by atoms with Crippen LogP contribution >= 0.6 is 0 Å². The number of hydrogen-bond acceptors (Lipinski definition) is 2. The molecular weight excluding hydrogens is 152 g/mol. The minimum Gasteiger partial charge on any atom is -0.396 e. The lowest BCUT2D eigenvalue weighted by Gasteiger charge is -2.18. The fraction of sp³-hybridized carbons (Fsp3) is 0.800. The second kappa shape index (κ2) is 5.33. The zero-order valence-corrected chi connectivity index (χ0v) is 8.25. The molecule has 0 amide bonds. The van der Waals surface area contributed by atoms with Gasteiger partial charge in [-0.3, -0.25) is 0 Å². The van der Waals surface area contributed by atoms with Crippen LogP contribution in [-0.4, -0.2) is 22.9 Å². The van der Waals surface area contributed by atoms with Crippen LogP contribution in [0.2, 0.25) is 0 Å². The molecule has 0 aromatic carbocycles. The molecule has 2 N–H and O–H groups in total. The Morgan fingerprint density at radius 1 is 1.33 bits per heavy atom. The first kappa shape index (κ1) is 11.7. The van der Waals surface area contributed by atoms with Gasteiger partial charge in [-0.25, -0.2) is 0 Å². The van der Waals surface area contributed by atoms with Crippen LogP contribution in [0, 0.1) is 11.8 Å². The van der Waals surface area contributed by atoms with Crippen LogP contribution in [0.4, 0.5) is 0 Å². The van der Waals surface area contributed by atoms with Crippen LogP contribution < -0.4 is 0 Å². The van der Waals surface area contributed by atoms with Crippen LogP contribution in [0.3, 0.4) is 0 Å². The van der Waals surface area contributed by atoms with Crippen LogP contribution in [-0.2, 0) is 0 Å². The van der Waals surface area contributed by atoms with E-state index in [0.29, 0.717) is 6.42 Å². The molecule has 0 aromatic rings. The largest absolute Gasteiger partial charge is 0.396 e. The van der Waals surface area contributed by atoms with Crippen molar-refractivity contribution in [2.45, 2.75) is 33.3 Å². The molecule has 0 rings (SSSR count). The standard InChI is InChI=1S/C10H20O2/c1-7(2)10(12)5-8(3)9(4)6-11/h7,9-12H,3,5-6H2,1-2,4H3. The Morgan fingerprint density at radius 3 is 2.17 bits per heavy atom. The number of hydrogen-bond donors (Lipinski definition) is 2. The van der Waals surface area contributed by atoms with Gasteiger partial charge in [0.15, 0.2) is 0 Å². The molecule has 2 atom stereocenters. The smallest absolute Gasteiger partial charge is 0.0600 e. The summed E-state index contributed by atoms with van der Waals surface area (Å²) < 4.78 is 0. The number of aliphatic hydroxyl groups is 2. The molecule has 0 aliphatic rings. The van der Waals surface area contributed by atoms with E-state index in [9.17, 15) is 5.11 Å². The van der Waals surface area contributed by atoms with Crippen molar-refractivity contribution in [1.29, 1.82) is 0 Å². The quantitative estimate of drug-likeness (QED) is 0.618. The summed E-state index contributed by atoms with van der Waals surface area (Å²) in [5.74, 6) is 0.353. The van der Waals surface area contributed by atoms with E-state index in [1.54, 1.807) is 0 Å². The molecule has 0 saturated heterocycles. The highest BCUT2D eigenvalue weighted by atomic mass is 16.3. The SMILES string of the molecule is C=C(CC(O)C(C)C)C(C)CO. The third-order valence-corrected chi connectivity index (χ3v) is 2.21. The van der Waals surface area contributed by atoms with Gasteiger partial charge in [0.2, 0.25) is 0 Å². The van der Waals surface area contributed by atoms with Gasteiger partial charge in [0.05, 0.1) is 6.10 Å². The van der Waals surface area contributed by atoms with E-state index >= 15 is 0 Å². The van der Waals surface area contributed by atoms with Crippen molar-refractivity contribution in [3.8, 4) is 0 Å². The first-order valence-corrected chi connectivity index (χ1v) is 4.45. The normalized spacial score (nSPS) is 16.2. The second-order valence-electron chi connectivity index (χ2n) is 3.76. The lowest BCUT2D eigenvalue weighted by atomic mass is 9.93. The fourth-order valence-corrected chi connectivity index (χ4v) is 0.835. The molecule has 2 heteroatoms. The Morgan fingerprint density at radius 2 is 1.83 bits per heavy atom. The molecule has 72 valence electrons. The Labute approximate surface area is 74.9 Å². The van der Waals surface area contributed by atoms with Gasteiger partial charge < -0.3 is 10.2 Å². The molecule has 0 radical (unpaired) electrons. The summed E-state index contributed by atoms with van der Waals surface area (Å²) in [4.78, 5) is 0. The lowest BCUT2D eigenvalue weighted by molar-refractivity contribution is 0.121. The maximum absolute atomic E-state index is 9.50. The van der Waals surface area contributed by atoms with Gasteiger partial charge in [-0.15, -0.1) is 0 Å². The van der Waals surface area contributed by atoms with Crippen molar-refractivity contribution in [3.63, 3.8) is 0 Å². The van der Waals surface area contributed by atoms with Gasteiger partial charge in [0, 0.05) is 6.61 Å². The molecule has 0 aliphatic heterocycles. The zero-order chi connectivity index (χ0) is 9.72. The van der Waals surface area contributed by atoms with Crippen LogP contribution in [0.1, 0.15) is 27.2 Å². The van der Waals surface area contributed by atoms with E-state index in [1.807, 2.05) is 20.8 Å². The van der Waals surface area contributed by atoms with Crippen molar-refractivity contribution < 1.29 is 10.2 Å². The minimum atomic E-state index is -0.327. The van der Waals surface area contributed by atoms with Gasteiger partial charge in [-0.1, -0.05) is 32.9 Å². The Balaban J connectivity index is 3.84. The topological polar surface area (TPSA) is 40.5 Å². The van der Waals surface area contributed by atoms with Crippen molar-refractivity contribution in [2.24, 2.45) is 11.8 Å². The van der Waals surface area contributed by atoms with Crippen LogP contribution in [0.5, 0.6) is 0 Å². The molecular formula is C10H20O2. The van der Waals surface area contributed by atoms with Gasteiger partial charge in [-0.2, -0.15) is 0 Å². The highest BCUT2D eigenvalue weighted by Gasteiger charge is 2.13. The summed E-state index contributed by atoms with van der Waals surface area (Å²) in [5, 5.41) is 18.3. The molecule has 12 heavy (non-hydrogen) atoms. The summed E-state index contributed by atoms with van der Waals surface area (Å²) in [6.07, 6.45) is 0.269. The molecule has 2 unspecified atom stereocenters. The van der Waals surface area contributed by atoms with Gasteiger partial charge in [-0.05, 0) is 18.3 Å². The summed E-state index contributed by atoms with van der Waals surface area (Å²) in [6, 6.07) is 0. The first-order chi connectivity index (χ1) is 5.49. The summed E-state index contributed by atoms with van der Waals surface area (Å²) in [7, 11) is 0. The minimum absolute atomic E-state index is 0.0957. The van der Waals surface area contributed by atoms with E-state index in [2.05, 4.69) is 6.58 Å². The molecule has 0 bridgehead atoms. The third kappa shape index (κ3) is 3.88. The highest BCUT2D eigenvalue weighted by Crippen LogP contribution is 2.17. The van der Waals surface area contributed by atoms with Crippen molar-refractivity contribution in [2.75, 3.05) is 6.61 Å². The Kier molecular flexibility index (Phi) is 5.18. The third-order valence-electron chi connectivity index (χ3n) is 2.21. The fourth-order valence-electron chi connectivity index (χ4n) is 0.835. The van der Waals surface area contributed by atoms with Gasteiger partial charge in [0.1, 0.15) is 0 Å². The van der Waals surface area contributed by atoms with Gasteiger partial charge in [0.25, 0.3) is 0 Å². The summed E-state index contributed by atoms with van der Waals surface area (Å²) >= 11 is 0. The first-order valence-electron chi connectivity index (χ1n) is 4.45. The van der Waals surface area contributed by atoms with E-state index in [0.717, 1.165) is 5.57 Å². The average molecular weight is 172 g/mol. The maximum Gasteiger partial charge on any atom is 0.0600 e. The zero-order valence-electron chi connectivity index (χ0n) is 8.25. The number of aliphatic hydroxyl groups excluding tert-OH is 2. The Bertz CT molecular complexity index is 141. The molecule has 0 heterocycles. The average Bonchev–Trinajstić information content (AvgIpc) is 2.02. The Hall–Kier alpha value is -0.340. The molecule has 2 nitrogen and oxygen atoms in total. The van der Waals surface area contributed by atoms with E-state index in [1.165, 1.54) is 0 Å². The molecule has 0 spiro atoms. The highest BCUT2D eigenvalue weighted by molar-refractivity contribution is 5.00.